The minimum absolute atomic E-state index is 0.143. The van der Waals surface area contributed by atoms with Crippen LogP contribution in [-0.2, 0) is 6.42 Å². The standard InChI is InChI=1S/C18H20ClNO/c1-11-4-5-14(10-16(11)19)18(20-3)13-6-7-17-15(9-13)8-12(2)21-17/h4-7,9-10,12,18,20H,8H2,1-3H3. The highest BCUT2D eigenvalue weighted by molar-refractivity contribution is 6.31. The first kappa shape index (κ1) is 14.4. The van der Waals surface area contributed by atoms with Crippen molar-refractivity contribution in [2.75, 3.05) is 7.05 Å². The average molecular weight is 302 g/mol. The quantitative estimate of drug-likeness (QED) is 0.913. The summed E-state index contributed by atoms with van der Waals surface area (Å²) in [6.45, 7) is 4.13. The van der Waals surface area contributed by atoms with Gasteiger partial charge in [-0.3, -0.25) is 0 Å². The molecule has 0 spiro atoms. The van der Waals surface area contributed by atoms with Crippen LogP contribution in [0.2, 0.25) is 5.02 Å². The van der Waals surface area contributed by atoms with E-state index in [-0.39, 0.29) is 12.1 Å². The Morgan fingerprint density at radius 1 is 1.19 bits per heavy atom. The van der Waals surface area contributed by atoms with Gasteiger partial charge in [0.1, 0.15) is 11.9 Å². The molecule has 0 saturated heterocycles. The number of hydrogen-bond donors (Lipinski definition) is 1. The zero-order chi connectivity index (χ0) is 15.0. The number of aryl methyl sites for hydroxylation is 1. The van der Waals surface area contributed by atoms with Crippen LogP contribution in [0.15, 0.2) is 36.4 Å². The second-order valence-corrected chi connectivity index (χ2v) is 6.14. The molecule has 0 aliphatic carbocycles. The van der Waals surface area contributed by atoms with E-state index >= 15 is 0 Å². The summed E-state index contributed by atoms with van der Waals surface area (Å²) in [5.41, 5.74) is 4.82. The maximum absolute atomic E-state index is 6.27. The first-order valence-electron chi connectivity index (χ1n) is 7.31. The van der Waals surface area contributed by atoms with Crippen molar-refractivity contribution in [3.05, 3.63) is 63.7 Å². The molecule has 1 N–H and O–H groups in total. The van der Waals surface area contributed by atoms with Gasteiger partial charge in [0.15, 0.2) is 0 Å². The molecule has 2 unspecified atom stereocenters. The van der Waals surface area contributed by atoms with Crippen molar-refractivity contribution in [2.24, 2.45) is 0 Å². The molecule has 2 aromatic rings. The lowest BCUT2D eigenvalue weighted by Gasteiger charge is -2.18. The molecule has 3 heteroatoms. The predicted molar refractivity (Wildman–Crippen MR) is 87.3 cm³/mol. The molecule has 1 aliphatic heterocycles. The Balaban J connectivity index is 1.97. The Morgan fingerprint density at radius 2 is 1.90 bits per heavy atom. The first-order valence-corrected chi connectivity index (χ1v) is 7.69. The van der Waals surface area contributed by atoms with Gasteiger partial charge in [0.25, 0.3) is 0 Å². The second-order valence-electron chi connectivity index (χ2n) is 5.73. The lowest BCUT2D eigenvalue weighted by atomic mass is 9.95. The Kier molecular flexibility index (Phi) is 3.92. The number of nitrogens with one attached hydrogen (secondary N) is 1. The number of rotatable bonds is 3. The van der Waals surface area contributed by atoms with E-state index in [1.54, 1.807) is 0 Å². The van der Waals surface area contributed by atoms with Crippen molar-refractivity contribution in [2.45, 2.75) is 32.4 Å². The van der Waals surface area contributed by atoms with E-state index in [2.05, 4.69) is 42.6 Å². The number of halogens is 1. The van der Waals surface area contributed by atoms with Gasteiger partial charge in [-0.15, -0.1) is 0 Å². The molecule has 1 aliphatic rings. The third-order valence-electron chi connectivity index (χ3n) is 4.07. The average Bonchev–Trinajstić information content (AvgIpc) is 2.83. The molecule has 0 saturated carbocycles. The van der Waals surface area contributed by atoms with Crippen molar-refractivity contribution in [3.63, 3.8) is 0 Å². The SMILES string of the molecule is CNC(c1ccc(C)c(Cl)c1)c1ccc2c(c1)CC(C)O2. The zero-order valence-electron chi connectivity index (χ0n) is 12.6. The van der Waals surface area contributed by atoms with Gasteiger partial charge in [-0.05, 0) is 55.3 Å². The van der Waals surface area contributed by atoms with Gasteiger partial charge in [-0.2, -0.15) is 0 Å². The fraction of sp³-hybridized carbons (Fsp3) is 0.333. The third kappa shape index (κ3) is 2.78. The van der Waals surface area contributed by atoms with Crippen LogP contribution in [0, 0.1) is 6.92 Å². The summed E-state index contributed by atoms with van der Waals surface area (Å²) in [5.74, 6) is 1.02. The monoisotopic (exact) mass is 301 g/mol. The van der Waals surface area contributed by atoms with Crippen molar-refractivity contribution in [3.8, 4) is 5.75 Å². The van der Waals surface area contributed by atoms with Gasteiger partial charge >= 0.3 is 0 Å². The summed E-state index contributed by atoms with van der Waals surface area (Å²) in [7, 11) is 1.98. The Bertz CT molecular complexity index is 668. The summed E-state index contributed by atoms with van der Waals surface area (Å²) in [6, 6.07) is 12.8. The van der Waals surface area contributed by atoms with Crippen molar-refractivity contribution in [1.82, 2.24) is 5.32 Å². The molecule has 3 rings (SSSR count). The summed E-state index contributed by atoms with van der Waals surface area (Å²) in [4.78, 5) is 0. The lowest BCUT2D eigenvalue weighted by Crippen LogP contribution is -2.17. The van der Waals surface area contributed by atoms with Crippen molar-refractivity contribution >= 4 is 11.6 Å². The fourth-order valence-electron chi connectivity index (χ4n) is 2.94. The number of benzene rings is 2. The van der Waals surface area contributed by atoms with Crippen molar-refractivity contribution in [1.29, 1.82) is 0 Å². The molecular formula is C18H20ClNO. The molecule has 2 aromatic carbocycles. The van der Waals surface area contributed by atoms with Crippen molar-refractivity contribution < 1.29 is 4.74 Å². The molecule has 1 heterocycles. The number of hydrogen-bond acceptors (Lipinski definition) is 2. The highest BCUT2D eigenvalue weighted by atomic mass is 35.5. The number of ether oxygens (including phenoxy) is 1. The highest BCUT2D eigenvalue weighted by Gasteiger charge is 2.21. The molecule has 0 aromatic heterocycles. The third-order valence-corrected chi connectivity index (χ3v) is 4.48. The van der Waals surface area contributed by atoms with Gasteiger partial charge in [-0.1, -0.05) is 35.9 Å². The van der Waals surface area contributed by atoms with Gasteiger partial charge in [0.05, 0.1) is 6.04 Å². The van der Waals surface area contributed by atoms with E-state index in [9.17, 15) is 0 Å². The molecular weight excluding hydrogens is 282 g/mol. The second kappa shape index (κ2) is 5.70. The Hall–Kier alpha value is -1.51. The van der Waals surface area contributed by atoms with Gasteiger partial charge in [-0.25, -0.2) is 0 Å². The smallest absolute Gasteiger partial charge is 0.123 e. The summed E-state index contributed by atoms with van der Waals surface area (Å²) in [6.07, 6.45) is 1.26. The van der Waals surface area contributed by atoms with E-state index in [0.29, 0.717) is 0 Å². The zero-order valence-corrected chi connectivity index (χ0v) is 13.4. The molecule has 110 valence electrons. The predicted octanol–water partition coefficient (Wildman–Crippen LogP) is 4.28. The summed E-state index contributed by atoms with van der Waals surface area (Å²) < 4.78 is 5.77. The molecule has 0 amide bonds. The molecule has 0 radical (unpaired) electrons. The molecule has 2 atom stereocenters. The normalized spacial score (nSPS) is 18.2. The highest BCUT2D eigenvalue weighted by Crippen LogP contribution is 2.33. The van der Waals surface area contributed by atoms with E-state index in [1.807, 2.05) is 20.0 Å². The van der Waals surface area contributed by atoms with Gasteiger partial charge < -0.3 is 10.1 Å². The van der Waals surface area contributed by atoms with E-state index in [4.69, 9.17) is 16.3 Å². The lowest BCUT2D eigenvalue weighted by molar-refractivity contribution is 0.254. The maximum Gasteiger partial charge on any atom is 0.123 e. The minimum atomic E-state index is 0.143. The Morgan fingerprint density at radius 3 is 2.62 bits per heavy atom. The van der Waals surface area contributed by atoms with Crippen LogP contribution >= 0.6 is 11.6 Å². The van der Waals surface area contributed by atoms with E-state index in [0.717, 1.165) is 22.8 Å². The van der Waals surface area contributed by atoms with Crippen LogP contribution in [0.4, 0.5) is 0 Å². The number of fused-ring (bicyclic) bond motifs is 1. The minimum Gasteiger partial charge on any atom is -0.490 e. The van der Waals surface area contributed by atoms with Gasteiger partial charge in [0.2, 0.25) is 0 Å². The molecule has 0 bridgehead atoms. The molecule has 0 fully saturated rings. The first-order chi connectivity index (χ1) is 10.1. The topological polar surface area (TPSA) is 21.3 Å². The van der Waals surface area contributed by atoms with Crippen LogP contribution in [0.5, 0.6) is 5.75 Å². The fourth-order valence-corrected chi connectivity index (χ4v) is 3.12. The van der Waals surface area contributed by atoms with Gasteiger partial charge in [0, 0.05) is 11.4 Å². The van der Waals surface area contributed by atoms with Crippen LogP contribution < -0.4 is 10.1 Å². The van der Waals surface area contributed by atoms with Crippen LogP contribution in [0.1, 0.15) is 35.2 Å². The molecule has 21 heavy (non-hydrogen) atoms. The summed E-state index contributed by atoms with van der Waals surface area (Å²) in [5, 5.41) is 4.20. The van der Waals surface area contributed by atoms with Crippen LogP contribution in [0.25, 0.3) is 0 Å². The molecule has 2 nitrogen and oxygen atoms in total. The van der Waals surface area contributed by atoms with Crippen LogP contribution in [0.3, 0.4) is 0 Å². The Labute approximate surface area is 131 Å². The van der Waals surface area contributed by atoms with Crippen LogP contribution in [-0.4, -0.2) is 13.2 Å². The van der Waals surface area contributed by atoms with E-state index in [1.165, 1.54) is 16.7 Å². The maximum atomic E-state index is 6.27. The summed E-state index contributed by atoms with van der Waals surface area (Å²) >= 11 is 6.27. The largest absolute Gasteiger partial charge is 0.490 e. The van der Waals surface area contributed by atoms with E-state index < -0.39 is 0 Å².